The predicted octanol–water partition coefficient (Wildman–Crippen LogP) is 2.49. The number of nitrogens with one attached hydrogen (secondary N) is 1. The van der Waals surface area contributed by atoms with Crippen molar-refractivity contribution in [2.75, 3.05) is 37.8 Å². The van der Waals surface area contributed by atoms with Gasteiger partial charge in [-0.3, -0.25) is 4.79 Å². The Bertz CT molecular complexity index is 1210. The molecular weight excluding hydrogens is 420 g/mol. The van der Waals surface area contributed by atoms with E-state index in [1.165, 1.54) is 0 Å². The number of amides is 1. The van der Waals surface area contributed by atoms with E-state index in [9.17, 15) is 4.79 Å². The van der Waals surface area contributed by atoms with E-state index in [0.717, 1.165) is 54.3 Å². The molecule has 2 fully saturated rings. The third-order valence-electron chi connectivity index (χ3n) is 6.52. The van der Waals surface area contributed by atoms with Crippen LogP contribution in [0.15, 0.2) is 24.3 Å². The third kappa shape index (κ3) is 3.75. The molecule has 172 valence electrons. The van der Waals surface area contributed by atoms with Crippen LogP contribution in [0.2, 0.25) is 0 Å². The van der Waals surface area contributed by atoms with Gasteiger partial charge in [0.1, 0.15) is 11.4 Å². The van der Waals surface area contributed by atoms with E-state index in [1.54, 1.807) is 0 Å². The number of carbonyl (C=O) groups is 1. The maximum Gasteiger partial charge on any atom is 0.251 e. The van der Waals surface area contributed by atoms with Gasteiger partial charge in [-0.15, -0.1) is 0 Å². The molecule has 9 heteroatoms. The van der Waals surface area contributed by atoms with Gasteiger partial charge in [-0.05, 0) is 38.8 Å². The minimum Gasteiger partial charge on any atom is -0.378 e. The van der Waals surface area contributed by atoms with Crippen LogP contribution in [-0.4, -0.2) is 64.4 Å². The predicted molar refractivity (Wildman–Crippen MR) is 123 cm³/mol. The van der Waals surface area contributed by atoms with E-state index in [0.29, 0.717) is 43.8 Å². The van der Waals surface area contributed by atoms with Crippen molar-refractivity contribution in [2.45, 2.75) is 44.9 Å². The molecule has 6 rings (SSSR count). The van der Waals surface area contributed by atoms with Crippen LogP contribution >= 0.6 is 0 Å². The van der Waals surface area contributed by atoms with E-state index in [1.807, 2.05) is 38.1 Å². The van der Waals surface area contributed by atoms with Crippen LogP contribution in [0.3, 0.4) is 0 Å². The molecule has 1 saturated carbocycles. The highest BCUT2D eigenvalue weighted by molar-refractivity contribution is 5.95. The Balaban J connectivity index is 1.44. The summed E-state index contributed by atoms with van der Waals surface area (Å²) >= 11 is 0. The SMILES string of the molecule is CC1(C)OCCn2c1nc1c(N3CCOCC3)nc(-c3ccc(C(=O)NC4CC4)cc3)nc12. The molecule has 1 saturated heterocycles. The van der Waals surface area contributed by atoms with Gasteiger partial charge in [-0.2, -0.15) is 0 Å². The number of ether oxygens (including phenoxy) is 2. The quantitative estimate of drug-likeness (QED) is 0.655. The third-order valence-corrected chi connectivity index (χ3v) is 6.52. The molecule has 2 aliphatic heterocycles. The Morgan fingerprint density at radius 3 is 2.52 bits per heavy atom. The Labute approximate surface area is 192 Å². The number of morpholine rings is 1. The van der Waals surface area contributed by atoms with E-state index in [2.05, 4.69) is 14.8 Å². The van der Waals surface area contributed by atoms with Crippen LogP contribution in [0.1, 0.15) is 42.9 Å². The van der Waals surface area contributed by atoms with Gasteiger partial charge in [-0.1, -0.05) is 12.1 Å². The first kappa shape index (κ1) is 20.6. The maximum atomic E-state index is 12.4. The molecular formula is C24H28N6O3. The molecule has 1 aliphatic carbocycles. The monoisotopic (exact) mass is 448 g/mol. The van der Waals surface area contributed by atoms with Crippen molar-refractivity contribution < 1.29 is 14.3 Å². The fourth-order valence-corrected chi connectivity index (χ4v) is 4.51. The summed E-state index contributed by atoms with van der Waals surface area (Å²) in [5.41, 5.74) is 2.66. The van der Waals surface area contributed by atoms with Crippen molar-refractivity contribution in [1.29, 1.82) is 0 Å². The van der Waals surface area contributed by atoms with Gasteiger partial charge in [-0.25, -0.2) is 15.0 Å². The highest BCUT2D eigenvalue weighted by atomic mass is 16.5. The van der Waals surface area contributed by atoms with Crippen molar-refractivity contribution >= 4 is 22.9 Å². The highest BCUT2D eigenvalue weighted by Crippen LogP contribution is 2.35. The van der Waals surface area contributed by atoms with Gasteiger partial charge >= 0.3 is 0 Å². The van der Waals surface area contributed by atoms with E-state index < -0.39 is 5.60 Å². The summed E-state index contributed by atoms with van der Waals surface area (Å²) in [5, 5.41) is 3.03. The molecule has 3 aromatic rings. The fraction of sp³-hybridized carbons (Fsp3) is 0.500. The average Bonchev–Trinajstić information content (AvgIpc) is 3.56. The summed E-state index contributed by atoms with van der Waals surface area (Å²) in [4.78, 5) is 29.5. The Morgan fingerprint density at radius 2 is 1.79 bits per heavy atom. The number of benzene rings is 1. The van der Waals surface area contributed by atoms with Crippen LogP contribution < -0.4 is 10.2 Å². The summed E-state index contributed by atoms with van der Waals surface area (Å²) < 4.78 is 13.7. The largest absolute Gasteiger partial charge is 0.378 e. The molecule has 3 aliphatic rings. The number of rotatable bonds is 4. The first-order valence-corrected chi connectivity index (χ1v) is 11.7. The standard InChI is InChI=1S/C24H28N6O3/c1-24(2)23-26-18-20(29-9-12-32-13-10-29)27-19(28-21(18)30(23)11-14-33-24)15-3-5-16(6-4-15)22(31)25-17-7-8-17/h3-6,17H,7-14H2,1-2H3,(H,25,31). The zero-order valence-electron chi connectivity index (χ0n) is 19.0. The lowest BCUT2D eigenvalue weighted by Crippen LogP contribution is -2.37. The van der Waals surface area contributed by atoms with Crippen LogP contribution in [0, 0.1) is 0 Å². The average molecular weight is 449 g/mol. The minimum atomic E-state index is -0.488. The number of carbonyl (C=O) groups excluding carboxylic acids is 1. The van der Waals surface area contributed by atoms with Gasteiger partial charge in [0.15, 0.2) is 22.8 Å². The van der Waals surface area contributed by atoms with Crippen molar-refractivity contribution in [2.24, 2.45) is 0 Å². The lowest BCUT2D eigenvalue weighted by molar-refractivity contribution is -0.0530. The van der Waals surface area contributed by atoms with E-state index >= 15 is 0 Å². The summed E-state index contributed by atoms with van der Waals surface area (Å²) in [6.07, 6.45) is 2.14. The molecule has 1 amide bonds. The first-order chi connectivity index (χ1) is 16.0. The second kappa shape index (κ2) is 7.78. The van der Waals surface area contributed by atoms with Gasteiger partial charge < -0.3 is 24.3 Å². The molecule has 0 bridgehead atoms. The van der Waals surface area contributed by atoms with Crippen LogP contribution in [-0.2, 0) is 21.6 Å². The molecule has 1 N–H and O–H groups in total. The smallest absolute Gasteiger partial charge is 0.251 e. The number of imidazole rings is 1. The first-order valence-electron chi connectivity index (χ1n) is 11.7. The Morgan fingerprint density at radius 1 is 1.03 bits per heavy atom. The number of anilines is 1. The molecule has 0 unspecified atom stereocenters. The van der Waals surface area contributed by atoms with Gasteiger partial charge in [0.2, 0.25) is 0 Å². The zero-order chi connectivity index (χ0) is 22.6. The number of aromatic nitrogens is 4. The number of hydrogen-bond donors (Lipinski definition) is 1. The van der Waals surface area contributed by atoms with E-state index in [-0.39, 0.29) is 5.91 Å². The lowest BCUT2D eigenvalue weighted by atomic mass is 10.1. The van der Waals surface area contributed by atoms with Crippen LogP contribution in [0.5, 0.6) is 0 Å². The van der Waals surface area contributed by atoms with Gasteiger partial charge in [0, 0.05) is 36.8 Å². The molecule has 0 atom stereocenters. The zero-order valence-corrected chi connectivity index (χ0v) is 19.0. The summed E-state index contributed by atoms with van der Waals surface area (Å²) in [6, 6.07) is 7.87. The van der Waals surface area contributed by atoms with Crippen LogP contribution in [0.25, 0.3) is 22.6 Å². The molecule has 4 heterocycles. The Hall–Kier alpha value is -3.04. The van der Waals surface area contributed by atoms with Crippen LogP contribution in [0.4, 0.5) is 5.82 Å². The van der Waals surface area contributed by atoms with E-state index in [4.69, 9.17) is 24.4 Å². The molecule has 0 radical (unpaired) electrons. The minimum absolute atomic E-state index is 0.0264. The van der Waals surface area contributed by atoms with Crippen molar-refractivity contribution in [3.8, 4) is 11.4 Å². The topological polar surface area (TPSA) is 94.4 Å². The summed E-state index contributed by atoms with van der Waals surface area (Å²) in [7, 11) is 0. The highest BCUT2D eigenvalue weighted by Gasteiger charge is 2.34. The van der Waals surface area contributed by atoms with Crippen molar-refractivity contribution in [3.63, 3.8) is 0 Å². The normalized spacial score (nSPS) is 20.0. The van der Waals surface area contributed by atoms with Crippen molar-refractivity contribution in [1.82, 2.24) is 24.8 Å². The maximum absolute atomic E-state index is 12.4. The number of hydrogen-bond acceptors (Lipinski definition) is 7. The number of nitrogens with zero attached hydrogens (tertiary/aromatic N) is 5. The lowest BCUT2D eigenvalue weighted by Gasteiger charge is -2.30. The second-order valence-electron chi connectivity index (χ2n) is 9.41. The van der Waals surface area contributed by atoms with Gasteiger partial charge in [0.25, 0.3) is 5.91 Å². The summed E-state index contributed by atoms with van der Waals surface area (Å²) in [5.74, 6) is 2.30. The molecule has 2 aromatic heterocycles. The molecule has 33 heavy (non-hydrogen) atoms. The van der Waals surface area contributed by atoms with Gasteiger partial charge in [0.05, 0.1) is 19.8 Å². The molecule has 1 aromatic carbocycles. The fourth-order valence-electron chi connectivity index (χ4n) is 4.51. The second-order valence-corrected chi connectivity index (χ2v) is 9.41. The molecule has 0 spiro atoms. The molecule has 9 nitrogen and oxygen atoms in total. The summed E-state index contributed by atoms with van der Waals surface area (Å²) in [6.45, 7) is 8.23. The number of fused-ring (bicyclic) bond motifs is 3. The van der Waals surface area contributed by atoms with Crippen molar-refractivity contribution in [3.05, 3.63) is 35.7 Å². The Kier molecular flexibility index (Phi) is 4.84.